The summed E-state index contributed by atoms with van der Waals surface area (Å²) in [5, 5.41) is 3.56. The van der Waals surface area contributed by atoms with Crippen molar-refractivity contribution in [3.05, 3.63) is 28.8 Å². The largest absolute Gasteiger partial charge is 0.481 e. The standard InChI is InChI=1S/C16H25ClN2O2/c1-6-16(4,5)19-15(20)11(3)21-14-8-7-12(17)9-13(14)10(2)18/h7-11H,6,18H2,1-5H3,(H,19,20). The van der Waals surface area contributed by atoms with Crippen LogP contribution < -0.4 is 15.8 Å². The molecule has 0 saturated carbocycles. The molecule has 1 amide bonds. The number of ether oxygens (including phenoxy) is 1. The van der Waals surface area contributed by atoms with Gasteiger partial charge in [-0.3, -0.25) is 4.79 Å². The predicted molar refractivity (Wildman–Crippen MR) is 86.7 cm³/mol. The van der Waals surface area contributed by atoms with E-state index in [9.17, 15) is 4.79 Å². The number of nitrogens with one attached hydrogen (secondary N) is 1. The fourth-order valence-corrected chi connectivity index (χ4v) is 1.93. The van der Waals surface area contributed by atoms with Gasteiger partial charge in [-0.05, 0) is 52.3 Å². The predicted octanol–water partition coefficient (Wildman–Crippen LogP) is 3.43. The lowest BCUT2D eigenvalue weighted by Crippen LogP contribution is -2.48. The van der Waals surface area contributed by atoms with Gasteiger partial charge in [-0.15, -0.1) is 0 Å². The molecule has 2 unspecified atom stereocenters. The lowest BCUT2D eigenvalue weighted by molar-refractivity contribution is -0.129. The third-order valence-electron chi connectivity index (χ3n) is 3.48. The number of benzene rings is 1. The molecule has 1 aromatic carbocycles. The first-order valence-corrected chi connectivity index (χ1v) is 7.57. The van der Waals surface area contributed by atoms with Crippen LogP contribution in [0.25, 0.3) is 0 Å². The molecule has 0 fully saturated rings. The van der Waals surface area contributed by atoms with Gasteiger partial charge in [-0.1, -0.05) is 18.5 Å². The van der Waals surface area contributed by atoms with E-state index in [0.29, 0.717) is 10.8 Å². The highest BCUT2D eigenvalue weighted by molar-refractivity contribution is 6.30. The van der Waals surface area contributed by atoms with Crippen molar-refractivity contribution >= 4 is 17.5 Å². The van der Waals surface area contributed by atoms with Gasteiger partial charge < -0.3 is 15.8 Å². The minimum atomic E-state index is -0.602. The monoisotopic (exact) mass is 312 g/mol. The molecule has 2 atom stereocenters. The van der Waals surface area contributed by atoms with Gasteiger partial charge in [0.15, 0.2) is 6.10 Å². The van der Waals surface area contributed by atoms with E-state index in [4.69, 9.17) is 22.1 Å². The highest BCUT2D eigenvalue weighted by Crippen LogP contribution is 2.28. The van der Waals surface area contributed by atoms with Crippen LogP contribution in [0.15, 0.2) is 18.2 Å². The Morgan fingerprint density at radius 1 is 1.43 bits per heavy atom. The Labute approximate surface area is 132 Å². The first-order valence-electron chi connectivity index (χ1n) is 7.20. The van der Waals surface area contributed by atoms with Crippen LogP contribution in [0, 0.1) is 0 Å². The molecule has 0 bridgehead atoms. The maximum Gasteiger partial charge on any atom is 0.261 e. The van der Waals surface area contributed by atoms with Gasteiger partial charge in [-0.25, -0.2) is 0 Å². The number of halogens is 1. The van der Waals surface area contributed by atoms with E-state index >= 15 is 0 Å². The summed E-state index contributed by atoms with van der Waals surface area (Å²) >= 11 is 5.98. The number of hydrogen-bond donors (Lipinski definition) is 2. The second-order valence-electron chi connectivity index (χ2n) is 5.96. The zero-order valence-corrected chi connectivity index (χ0v) is 14.1. The van der Waals surface area contributed by atoms with E-state index < -0.39 is 6.10 Å². The molecule has 0 aromatic heterocycles. The lowest BCUT2D eigenvalue weighted by Gasteiger charge is -2.27. The first kappa shape index (κ1) is 17.8. The molecule has 0 radical (unpaired) electrons. The molecular formula is C16H25ClN2O2. The van der Waals surface area contributed by atoms with Crippen LogP contribution in [-0.4, -0.2) is 17.6 Å². The lowest BCUT2D eigenvalue weighted by atomic mass is 10.0. The molecule has 0 aliphatic rings. The number of carbonyl (C=O) groups excluding carboxylic acids is 1. The van der Waals surface area contributed by atoms with Crippen LogP contribution in [0.3, 0.4) is 0 Å². The van der Waals surface area contributed by atoms with Crippen LogP contribution in [0.5, 0.6) is 5.75 Å². The Morgan fingerprint density at radius 3 is 2.57 bits per heavy atom. The minimum Gasteiger partial charge on any atom is -0.481 e. The number of amides is 1. The van der Waals surface area contributed by atoms with Crippen molar-refractivity contribution in [2.45, 2.75) is 58.7 Å². The molecule has 0 aliphatic carbocycles. The topological polar surface area (TPSA) is 64.3 Å². The summed E-state index contributed by atoms with van der Waals surface area (Å²) in [5.74, 6) is 0.443. The van der Waals surface area contributed by atoms with Crippen LogP contribution in [0.2, 0.25) is 5.02 Å². The third-order valence-corrected chi connectivity index (χ3v) is 3.72. The Morgan fingerprint density at radius 2 is 2.05 bits per heavy atom. The van der Waals surface area contributed by atoms with Crippen molar-refractivity contribution in [1.29, 1.82) is 0 Å². The van der Waals surface area contributed by atoms with E-state index in [1.54, 1.807) is 25.1 Å². The average molecular weight is 313 g/mol. The van der Waals surface area contributed by atoms with Gasteiger partial charge in [0.05, 0.1) is 0 Å². The Hall–Kier alpha value is -1.26. The van der Waals surface area contributed by atoms with Crippen molar-refractivity contribution in [2.24, 2.45) is 5.73 Å². The first-order chi connectivity index (χ1) is 9.66. The molecule has 5 heteroatoms. The number of nitrogens with two attached hydrogens (primary N) is 1. The fourth-order valence-electron chi connectivity index (χ4n) is 1.75. The summed E-state index contributed by atoms with van der Waals surface area (Å²) < 4.78 is 5.76. The molecular weight excluding hydrogens is 288 g/mol. The maximum atomic E-state index is 12.2. The molecule has 3 N–H and O–H groups in total. The van der Waals surface area contributed by atoms with Crippen LogP contribution in [-0.2, 0) is 4.79 Å². The quantitative estimate of drug-likeness (QED) is 0.845. The number of hydrogen-bond acceptors (Lipinski definition) is 3. The average Bonchev–Trinajstić information content (AvgIpc) is 2.40. The summed E-state index contributed by atoms with van der Waals surface area (Å²) in [6.45, 7) is 9.56. The fraction of sp³-hybridized carbons (Fsp3) is 0.562. The van der Waals surface area contributed by atoms with Crippen LogP contribution >= 0.6 is 11.6 Å². The smallest absolute Gasteiger partial charge is 0.261 e. The third kappa shape index (κ3) is 5.21. The Kier molecular flexibility index (Phi) is 6.05. The van der Waals surface area contributed by atoms with Crippen molar-refractivity contribution in [3.63, 3.8) is 0 Å². The minimum absolute atomic E-state index is 0.146. The van der Waals surface area contributed by atoms with Crippen molar-refractivity contribution in [3.8, 4) is 5.75 Å². The van der Waals surface area contributed by atoms with E-state index in [0.717, 1.165) is 12.0 Å². The Bertz CT molecular complexity index is 501. The van der Waals surface area contributed by atoms with Gasteiger partial charge in [0, 0.05) is 22.2 Å². The summed E-state index contributed by atoms with van der Waals surface area (Å²) in [7, 11) is 0. The summed E-state index contributed by atoms with van der Waals surface area (Å²) in [6.07, 6.45) is 0.242. The van der Waals surface area contributed by atoms with Gasteiger partial charge >= 0.3 is 0 Å². The van der Waals surface area contributed by atoms with Gasteiger partial charge in [0.1, 0.15) is 5.75 Å². The van der Waals surface area contributed by atoms with Crippen molar-refractivity contribution < 1.29 is 9.53 Å². The normalized spacial score (nSPS) is 14.4. The summed E-state index contributed by atoms with van der Waals surface area (Å²) in [5.41, 5.74) is 6.46. The van der Waals surface area contributed by atoms with Crippen LogP contribution in [0.1, 0.15) is 52.6 Å². The molecule has 0 heterocycles. The Balaban J connectivity index is 2.84. The molecule has 21 heavy (non-hydrogen) atoms. The van der Waals surface area contributed by atoms with Gasteiger partial charge in [0.25, 0.3) is 5.91 Å². The zero-order valence-electron chi connectivity index (χ0n) is 13.4. The van der Waals surface area contributed by atoms with E-state index in [2.05, 4.69) is 5.32 Å². The SMILES string of the molecule is CCC(C)(C)NC(=O)C(C)Oc1ccc(Cl)cc1C(C)N. The van der Waals surface area contributed by atoms with Crippen molar-refractivity contribution in [1.82, 2.24) is 5.32 Å². The highest BCUT2D eigenvalue weighted by atomic mass is 35.5. The second kappa shape index (κ2) is 7.14. The molecule has 1 aromatic rings. The van der Waals surface area contributed by atoms with E-state index in [1.165, 1.54) is 0 Å². The maximum absolute atomic E-state index is 12.2. The highest BCUT2D eigenvalue weighted by Gasteiger charge is 2.23. The molecule has 0 saturated heterocycles. The number of carbonyl (C=O) groups is 1. The van der Waals surface area contributed by atoms with E-state index in [-0.39, 0.29) is 17.5 Å². The molecule has 0 aliphatic heterocycles. The van der Waals surface area contributed by atoms with Crippen molar-refractivity contribution in [2.75, 3.05) is 0 Å². The summed E-state index contributed by atoms with van der Waals surface area (Å²) in [4.78, 5) is 12.2. The second-order valence-corrected chi connectivity index (χ2v) is 6.39. The molecule has 118 valence electrons. The van der Waals surface area contributed by atoms with Gasteiger partial charge in [0.2, 0.25) is 0 Å². The zero-order chi connectivity index (χ0) is 16.2. The van der Waals surface area contributed by atoms with Gasteiger partial charge in [-0.2, -0.15) is 0 Å². The molecule has 0 spiro atoms. The van der Waals surface area contributed by atoms with E-state index in [1.807, 2.05) is 27.7 Å². The molecule has 1 rings (SSSR count). The number of rotatable bonds is 6. The summed E-state index contributed by atoms with van der Waals surface area (Å²) in [6, 6.07) is 5.02. The van der Waals surface area contributed by atoms with Crippen LogP contribution in [0.4, 0.5) is 0 Å². The molecule has 4 nitrogen and oxygen atoms in total.